The number of primary sulfonamides is 1. The van der Waals surface area contributed by atoms with E-state index in [-0.39, 0.29) is 16.8 Å². The van der Waals surface area contributed by atoms with E-state index in [0.29, 0.717) is 5.56 Å². The van der Waals surface area contributed by atoms with Crippen molar-refractivity contribution in [1.82, 2.24) is 5.32 Å². The summed E-state index contributed by atoms with van der Waals surface area (Å²) in [6.45, 7) is 3.99. The highest BCUT2D eigenvalue weighted by molar-refractivity contribution is 7.89. The second-order valence-corrected chi connectivity index (χ2v) is 6.92. The van der Waals surface area contributed by atoms with Gasteiger partial charge in [0.1, 0.15) is 0 Å². The van der Waals surface area contributed by atoms with Crippen LogP contribution in [-0.4, -0.2) is 14.3 Å². The Morgan fingerprint density at radius 2 is 1.65 bits per heavy atom. The van der Waals surface area contributed by atoms with Gasteiger partial charge in [0.25, 0.3) is 5.91 Å². The highest BCUT2D eigenvalue weighted by atomic mass is 32.2. The maximum atomic E-state index is 12.2. The summed E-state index contributed by atoms with van der Waals surface area (Å²) in [5.41, 5.74) is 2.64. The molecule has 1 unspecified atom stereocenters. The molecule has 0 aliphatic rings. The molecule has 2 aromatic carbocycles. The second-order valence-electron chi connectivity index (χ2n) is 5.36. The van der Waals surface area contributed by atoms with Crippen molar-refractivity contribution in [3.05, 3.63) is 65.2 Å². The summed E-state index contributed by atoms with van der Waals surface area (Å²) in [6, 6.07) is 13.5. The Morgan fingerprint density at radius 3 is 2.13 bits per heavy atom. The van der Waals surface area contributed by atoms with Crippen LogP contribution in [0.5, 0.6) is 0 Å². The summed E-state index contributed by atoms with van der Waals surface area (Å²) in [5.74, 6) is -0.266. The van der Waals surface area contributed by atoms with Gasteiger partial charge in [0.15, 0.2) is 0 Å². The van der Waals surface area contributed by atoms with Gasteiger partial charge in [0.2, 0.25) is 10.0 Å². The van der Waals surface area contributed by atoms with Crippen LogP contribution in [0.25, 0.3) is 0 Å². The molecule has 0 saturated heterocycles. The number of hydrogen-bond donors (Lipinski definition) is 2. The maximum Gasteiger partial charge on any atom is 0.251 e. The lowest BCUT2D eigenvalue weighted by Crippen LogP contribution is -2.26. The number of rotatable bonds is 5. The zero-order chi connectivity index (χ0) is 17.0. The van der Waals surface area contributed by atoms with Crippen molar-refractivity contribution in [1.29, 1.82) is 0 Å². The van der Waals surface area contributed by atoms with Crippen LogP contribution < -0.4 is 10.5 Å². The van der Waals surface area contributed by atoms with E-state index in [1.54, 1.807) is 0 Å². The quantitative estimate of drug-likeness (QED) is 0.881. The summed E-state index contributed by atoms with van der Waals surface area (Å²) in [4.78, 5) is 12.2. The van der Waals surface area contributed by atoms with E-state index in [9.17, 15) is 13.2 Å². The van der Waals surface area contributed by atoms with E-state index in [1.807, 2.05) is 31.2 Å². The summed E-state index contributed by atoms with van der Waals surface area (Å²) in [7, 11) is -3.75. The molecule has 23 heavy (non-hydrogen) atoms. The number of aryl methyl sites for hydroxylation is 1. The molecule has 0 heterocycles. The van der Waals surface area contributed by atoms with Crippen molar-refractivity contribution in [2.45, 2.75) is 31.2 Å². The highest BCUT2D eigenvalue weighted by Crippen LogP contribution is 2.15. The molecule has 0 aromatic heterocycles. The van der Waals surface area contributed by atoms with Crippen molar-refractivity contribution in [2.75, 3.05) is 0 Å². The first-order chi connectivity index (χ1) is 10.8. The molecule has 0 fully saturated rings. The third-order valence-corrected chi connectivity index (χ3v) is 4.61. The van der Waals surface area contributed by atoms with E-state index in [2.05, 4.69) is 12.2 Å². The predicted molar refractivity (Wildman–Crippen MR) is 89.5 cm³/mol. The Labute approximate surface area is 136 Å². The van der Waals surface area contributed by atoms with Gasteiger partial charge < -0.3 is 5.32 Å². The zero-order valence-corrected chi connectivity index (χ0v) is 13.9. The van der Waals surface area contributed by atoms with Crippen LogP contribution in [0.15, 0.2) is 53.4 Å². The molecule has 1 amide bonds. The van der Waals surface area contributed by atoms with Gasteiger partial charge in [-0.25, -0.2) is 13.6 Å². The number of hydrogen-bond acceptors (Lipinski definition) is 3. The number of amides is 1. The Balaban J connectivity index is 2.08. The van der Waals surface area contributed by atoms with E-state index in [4.69, 9.17) is 5.14 Å². The molecule has 0 aliphatic heterocycles. The summed E-state index contributed by atoms with van der Waals surface area (Å²) in [5, 5.41) is 7.92. The summed E-state index contributed by atoms with van der Waals surface area (Å²) in [6.07, 6.45) is 0.970. The molecule has 0 radical (unpaired) electrons. The molecule has 0 aliphatic carbocycles. The largest absolute Gasteiger partial charge is 0.346 e. The Hall–Kier alpha value is -2.18. The van der Waals surface area contributed by atoms with Gasteiger partial charge in [-0.05, 0) is 48.7 Å². The number of benzene rings is 2. The van der Waals surface area contributed by atoms with Crippen molar-refractivity contribution >= 4 is 15.9 Å². The topological polar surface area (TPSA) is 89.3 Å². The van der Waals surface area contributed by atoms with Crippen LogP contribution in [0.4, 0.5) is 0 Å². The van der Waals surface area contributed by atoms with Crippen LogP contribution in [0, 0.1) is 0 Å². The fourth-order valence-corrected chi connectivity index (χ4v) is 2.72. The molecular formula is C17H20N2O3S. The average molecular weight is 332 g/mol. The fraction of sp³-hybridized carbons (Fsp3) is 0.235. The van der Waals surface area contributed by atoms with Crippen LogP contribution in [0.3, 0.4) is 0 Å². The third-order valence-electron chi connectivity index (χ3n) is 3.68. The highest BCUT2D eigenvalue weighted by Gasteiger charge is 2.13. The molecule has 1 atom stereocenters. The molecule has 122 valence electrons. The van der Waals surface area contributed by atoms with E-state index in [0.717, 1.165) is 12.0 Å². The Morgan fingerprint density at radius 1 is 1.09 bits per heavy atom. The Kier molecular flexibility index (Phi) is 5.18. The number of sulfonamides is 1. The lowest BCUT2D eigenvalue weighted by atomic mass is 10.0. The van der Waals surface area contributed by atoms with Crippen LogP contribution in [0.1, 0.15) is 41.4 Å². The predicted octanol–water partition coefficient (Wildman–Crippen LogP) is 2.39. The number of nitrogens with one attached hydrogen (secondary N) is 1. The minimum Gasteiger partial charge on any atom is -0.346 e. The standard InChI is InChI=1S/C17H20N2O3S/c1-3-13-4-6-14(7-5-13)12(2)19-17(20)15-8-10-16(11-9-15)23(18,21)22/h4-12H,3H2,1-2H3,(H,19,20)(H2,18,21,22). The Bertz CT molecular complexity index is 782. The number of carbonyl (C=O) groups excluding carboxylic acids is 1. The molecular weight excluding hydrogens is 312 g/mol. The third kappa shape index (κ3) is 4.40. The van der Waals surface area contributed by atoms with Crippen LogP contribution >= 0.6 is 0 Å². The minimum absolute atomic E-state index is 0.0164. The van der Waals surface area contributed by atoms with E-state index in [1.165, 1.54) is 29.8 Å². The van der Waals surface area contributed by atoms with Crippen molar-refractivity contribution in [2.24, 2.45) is 5.14 Å². The van der Waals surface area contributed by atoms with Gasteiger partial charge in [-0.2, -0.15) is 0 Å². The van der Waals surface area contributed by atoms with E-state index >= 15 is 0 Å². The van der Waals surface area contributed by atoms with Gasteiger partial charge in [0.05, 0.1) is 10.9 Å². The van der Waals surface area contributed by atoms with Gasteiger partial charge >= 0.3 is 0 Å². The van der Waals surface area contributed by atoms with Gasteiger partial charge in [-0.15, -0.1) is 0 Å². The summed E-state index contributed by atoms with van der Waals surface area (Å²) >= 11 is 0. The fourth-order valence-electron chi connectivity index (χ4n) is 2.20. The monoisotopic (exact) mass is 332 g/mol. The normalized spacial score (nSPS) is 12.7. The molecule has 2 rings (SSSR count). The number of carbonyl (C=O) groups is 1. The molecule has 0 spiro atoms. The van der Waals surface area contributed by atoms with E-state index < -0.39 is 10.0 Å². The second kappa shape index (κ2) is 6.93. The lowest BCUT2D eigenvalue weighted by Gasteiger charge is -2.15. The molecule has 3 N–H and O–H groups in total. The zero-order valence-electron chi connectivity index (χ0n) is 13.1. The number of nitrogens with two attached hydrogens (primary N) is 1. The van der Waals surface area contributed by atoms with Crippen LogP contribution in [0.2, 0.25) is 0 Å². The average Bonchev–Trinajstić information content (AvgIpc) is 2.54. The SMILES string of the molecule is CCc1ccc(C(C)NC(=O)c2ccc(S(N)(=O)=O)cc2)cc1. The maximum absolute atomic E-state index is 12.2. The molecule has 2 aromatic rings. The lowest BCUT2D eigenvalue weighted by molar-refractivity contribution is 0.0940. The van der Waals surface area contributed by atoms with Gasteiger partial charge in [0, 0.05) is 5.56 Å². The molecule has 6 heteroatoms. The first-order valence-electron chi connectivity index (χ1n) is 7.34. The molecule has 0 saturated carbocycles. The van der Waals surface area contributed by atoms with Crippen molar-refractivity contribution in [3.63, 3.8) is 0 Å². The van der Waals surface area contributed by atoms with Gasteiger partial charge in [-0.1, -0.05) is 31.2 Å². The smallest absolute Gasteiger partial charge is 0.251 e. The molecule has 5 nitrogen and oxygen atoms in total. The van der Waals surface area contributed by atoms with Crippen molar-refractivity contribution < 1.29 is 13.2 Å². The first kappa shape index (κ1) is 17.2. The van der Waals surface area contributed by atoms with Crippen LogP contribution in [-0.2, 0) is 16.4 Å². The molecule has 0 bridgehead atoms. The van der Waals surface area contributed by atoms with Gasteiger partial charge in [-0.3, -0.25) is 4.79 Å². The van der Waals surface area contributed by atoms with Crippen molar-refractivity contribution in [3.8, 4) is 0 Å². The minimum atomic E-state index is -3.75. The summed E-state index contributed by atoms with van der Waals surface area (Å²) < 4.78 is 22.4. The first-order valence-corrected chi connectivity index (χ1v) is 8.88.